The fourth-order valence-corrected chi connectivity index (χ4v) is 2.15. The maximum absolute atomic E-state index is 13.4. The summed E-state index contributed by atoms with van der Waals surface area (Å²) in [5, 5.41) is 2.50. The van der Waals surface area contributed by atoms with E-state index in [-0.39, 0.29) is 5.69 Å². The fourth-order valence-electron chi connectivity index (χ4n) is 2.15. The zero-order valence-corrected chi connectivity index (χ0v) is 10.6. The van der Waals surface area contributed by atoms with Gasteiger partial charge in [0, 0.05) is 6.54 Å². The van der Waals surface area contributed by atoms with Crippen LogP contribution in [0.15, 0.2) is 24.3 Å². The van der Waals surface area contributed by atoms with E-state index in [2.05, 4.69) is 10.1 Å². The minimum atomic E-state index is -0.605. The van der Waals surface area contributed by atoms with Gasteiger partial charge in [-0.25, -0.2) is 9.18 Å². The molecule has 6 heteroatoms. The first-order valence-electron chi connectivity index (χ1n) is 6.03. The number of hydrogen-bond acceptors (Lipinski definition) is 3. The van der Waals surface area contributed by atoms with Crippen LogP contribution in [0.4, 0.5) is 14.9 Å². The number of anilines is 1. The monoisotopic (exact) mass is 266 g/mol. The summed E-state index contributed by atoms with van der Waals surface area (Å²) in [5.74, 6) is -0.897. The largest absolute Gasteiger partial charge is 0.453 e. The summed E-state index contributed by atoms with van der Waals surface area (Å²) < 4.78 is 18.1. The Morgan fingerprint density at radius 3 is 2.84 bits per heavy atom. The predicted molar refractivity (Wildman–Crippen MR) is 67.2 cm³/mol. The number of carbonyl (C=O) groups is 2. The Morgan fingerprint density at radius 2 is 2.16 bits per heavy atom. The van der Waals surface area contributed by atoms with Crippen LogP contribution in [-0.2, 0) is 9.53 Å². The lowest BCUT2D eigenvalue weighted by atomic mass is 10.2. The minimum Gasteiger partial charge on any atom is -0.453 e. The highest BCUT2D eigenvalue weighted by atomic mass is 19.1. The molecule has 2 amide bonds. The maximum atomic E-state index is 13.4. The molecule has 19 heavy (non-hydrogen) atoms. The lowest BCUT2D eigenvalue weighted by Crippen LogP contribution is -2.43. The van der Waals surface area contributed by atoms with E-state index in [4.69, 9.17) is 0 Å². The average molecular weight is 266 g/mol. The molecule has 1 aromatic carbocycles. The highest BCUT2D eigenvalue weighted by Crippen LogP contribution is 2.21. The van der Waals surface area contributed by atoms with Crippen LogP contribution in [0.25, 0.3) is 0 Å². The molecule has 2 rings (SSSR count). The third-order valence-corrected chi connectivity index (χ3v) is 3.10. The summed E-state index contributed by atoms with van der Waals surface area (Å²) in [4.78, 5) is 24.9. The van der Waals surface area contributed by atoms with E-state index in [0.717, 1.165) is 6.42 Å². The third-order valence-electron chi connectivity index (χ3n) is 3.10. The van der Waals surface area contributed by atoms with Gasteiger partial charge in [-0.05, 0) is 25.0 Å². The number of benzene rings is 1. The molecule has 1 aliphatic heterocycles. The molecule has 0 aliphatic carbocycles. The van der Waals surface area contributed by atoms with Crippen molar-refractivity contribution in [3.63, 3.8) is 0 Å². The van der Waals surface area contributed by atoms with Crippen LogP contribution in [0.5, 0.6) is 0 Å². The van der Waals surface area contributed by atoms with Gasteiger partial charge >= 0.3 is 6.09 Å². The second-order valence-electron chi connectivity index (χ2n) is 4.29. The molecule has 0 bridgehead atoms. The first-order chi connectivity index (χ1) is 9.13. The van der Waals surface area contributed by atoms with Crippen molar-refractivity contribution < 1.29 is 18.7 Å². The summed E-state index contributed by atoms with van der Waals surface area (Å²) in [5.41, 5.74) is 0.115. The average Bonchev–Trinajstić information content (AvgIpc) is 2.90. The molecule has 0 aromatic heterocycles. The summed E-state index contributed by atoms with van der Waals surface area (Å²) >= 11 is 0. The second-order valence-corrected chi connectivity index (χ2v) is 4.29. The van der Waals surface area contributed by atoms with Gasteiger partial charge in [0.2, 0.25) is 5.91 Å². The van der Waals surface area contributed by atoms with E-state index in [1.165, 1.54) is 24.1 Å². The van der Waals surface area contributed by atoms with E-state index < -0.39 is 23.9 Å². The van der Waals surface area contributed by atoms with Gasteiger partial charge < -0.3 is 10.1 Å². The van der Waals surface area contributed by atoms with Gasteiger partial charge in [-0.15, -0.1) is 0 Å². The third kappa shape index (κ3) is 2.83. The normalized spacial score (nSPS) is 18.2. The van der Waals surface area contributed by atoms with E-state index in [1.807, 2.05) is 0 Å². The first kappa shape index (κ1) is 13.3. The molecule has 1 heterocycles. The standard InChI is InChI=1S/C13H15FN2O3/c1-19-13(18)16-8-4-7-11(16)12(17)15-10-6-3-2-5-9(10)14/h2-3,5-6,11H,4,7-8H2,1H3,(H,15,17). The van der Waals surface area contributed by atoms with Crippen molar-refractivity contribution in [3.05, 3.63) is 30.1 Å². The van der Waals surface area contributed by atoms with Gasteiger partial charge in [-0.3, -0.25) is 9.69 Å². The Hall–Kier alpha value is -2.11. The molecule has 1 N–H and O–H groups in total. The van der Waals surface area contributed by atoms with Crippen LogP contribution in [-0.4, -0.2) is 36.6 Å². The van der Waals surface area contributed by atoms with Gasteiger partial charge in [-0.2, -0.15) is 0 Å². The molecule has 0 saturated carbocycles. The van der Waals surface area contributed by atoms with Gasteiger partial charge in [-0.1, -0.05) is 12.1 Å². The molecule has 1 aromatic rings. The summed E-state index contributed by atoms with van der Waals surface area (Å²) in [6.07, 6.45) is 0.742. The van der Waals surface area contributed by atoms with Crippen LogP contribution >= 0.6 is 0 Å². The van der Waals surface area contributed by atoms with Crippen molar-refractivity contribution in [1.82, 2.24) is 4.90 Å². The molecule has 5 nitrogen and oxygen atoms in total. The number of ether oxygens (including phenoxy) is 1. The molecule has 1 fully saturated rings. The SMILES string of the molecule is COC(=O)N1CCCC1C(=O)Nc1ccccc1F. The van der Waals surface area contributed by atoms with Crippen molar-refractivity contribution >= 4 is 17.7 Å². The lowest BCUT2D eigenvalue weighted by molar-refractivity contribution is -0.120. The Bertz CT molecular complexity index is 493. The van der Waals surface area contributed by atoms with Crippen molar-refractivity contribution in [1.29, 1.82) is 0 Å². The number of hydrogen-bond donors (Lipinski definition) is 1. The predicted octanol–water partition coefficient (Wildman–Crippen LogP) is 1.99. The second kappa shape index (κ2) is 5.69. The highest BCUT2D eigenvalue weighted by molar-refractivity contribution is 5.96. The van der Waals surface area contributed by atoms with Gasteiger partial charge in [0.05, 0.1) is 12.8 Å². The van der Waals surface area contributed by atoms with Crippen molar-refractivity contribution in [2.24, 2.45) is 0 Å². The minimum absolute atomic E-state index is 0.115. The molecule has 1 atom stereocenters. The smallest absolute Gasteiger partial charge is 0.410 e. The van der Waals surface area contributed by atoms with Crippen molar-refractivity contribution in [2.45, 2.75) is 18.9 Å². The summed E-state index contributed by atoms with van der Waals surface area (Å²) in [7, 11) is 1.27. The zero-order chi connectivity index (χ0) is 13.8. The number of para-hydroxylation sites is 1. The summed E-state index contributed by atoms with van der Waals surface area (Å²) in [6, 6.07) is 5.31. The number of amides is 2. The van der Waals surface area contributed by atoms with Crippen LogP contribution < -0.4 is 5.32 Å². The highest BCUT2D eigenvalue weighted by Gasteiger charge is 2.34. The number of carbonyl (C=O) groups excluding carboxylic acids is 2. The maximum Gasteiger partial charge on any atom is 0.410 e. The number of nitrogens with one attached hydrogen (secondary N) is 1. The molecule has 0 radical (unpaired) electrons. The molecular formula is C13H15FN2O3. The molecular weight excluding hydrogens is 251 g/mol. The molecule has 102 valence electrons. The van der Waals surface area contributed by atoms with Gasteiger partial charge in [0.15, 0.2) is 0 Å². The molecule has 1 aliphatic rings. The molecule has 0 spiro atoms. The Kier molecular flexibility index (Phi) is 3.99. The van der Waals surface area contributed by atoms with Gasteiger partial charge in [0.1, 0.15) is 11.9 Å². The van der Waals surface area contributed by atoms with E-state index in [1.54, 1.807) is 12.1 Å². The Balaban J connectivity index is 2.07. The Morgan fingerprint density at radius 1 is 1.42 bits per heavy atom. The van der Waals surface area contributed by atoms with Crippen molar-refractivity contribution in [2.75, 3.05) is 19.0 Å². The fraction of sp³-hybridized carbons (Fsp3) is 0.385. The number of rotatable bonds is 2. The number of likely N-dealkylation sites (tertiary alicyclic amines) is 1. The zero-order valence-electron chi connectivity index (χ0n) is 10.6. The van der Waals surface area contributed by atoms with Gasteiger partial charge in [0.25, 0.3) is 0 Å². The van der Waals surface area contributed by atoms with E-state index in [0.29, 0.717) is 13.0 Å². The number of nitrogens with zero attached hydrogens (tertiary/aromatic N) is 1. The summed E-state index contributed by atoms with van der Waals surface area (Å²) in [6.45, 7) is 0.474. The van der Waals surface area contributed by atoms with Crippen LogP contribution in [0.1, 0.15) is 12.8 Å². The van der Waals surface area contributed by atoms with E-state index >= 15 is 0 Å². The first-order valence-corrected chi connectivity index (χ1v) is 6.03. The van der Waals surface area contributed by atoms with Crippen LogP contribution in [0.3, 0.4) is 0 Å². The van der Waals surface area contributed by atoms with Crippen LogP contribution in [0, 0.1) is 5.82 Å². The molecule has 1 saturated heterocycles. The van der Waals surface area contributed by atoms with Crippen molar-refractivity contribution in [3.8, 4) is 0 Å². The van der Waals surface area contributed by atoms with E-state index in [9.17, 15) is 14.0 Å². The quantitative estimate of drug-likeness (QED) is 0.890. The lowest BCUT2D eigenvalue weighted by Gasteiger charge is -2.22. The molecule has 1 unspecified atom stereocenters. The number of halogens is 1. The topological polar surface area (TPSA) is 58.6 Å². The Labute approximate surface area is 110 Å². The number of methoxy groups -OCH3 is 1. The van der Waals surface area contributed by atoms with Crippen LogP contribution in [0.2, 0.25) is 0 Å².